The summed E-state index contributed by atoms with van der Waals surface area (Å²) in [6, 6.07) is 2.81. The Kier molecular flexibility index (Phi) is 3.17. The molecule has 0 saturated heterocycles. The molecule has 0 radical (unpaired) electrons. The van der Waals surface area contributed by atoms with E-state index in [1.165, 1.54) is 0 Å². The molecule has 6 heteroatoms. The topological polar surface area (TPSA) is 36.7 Å². The van der Waals surface area contributed by atoms with Gasteiger partial charge in [-0.1, -0.05) is 11.6 Å². The summed E-state index contributed by atoms with van der Waals surface area (Å²) in [6.07, 6.45) is -2.69. The van der Waals surface area contributed by atoms with Gasteiger partial charge in [0, 0.05) is 0 Å². The fraction of sp³-hybridized carbons (Fsp3) is 0.143. The quantitative estimate of drug-likeness (QED) is 0.732. The lowest BCUT2D eigenvalue weighted by Crippen LogP contribution is -1.93. The summed E-state index contributed by atoms with van der Waals surface area (Å²) >= 11 is 8.34. The van der Waals surface area contributed by atoms with Crippen LogP contribution in [-0.2, 0) is 0 Å². The fourth-order valence-corrected chi connectivity index (χ4v) is 1.36. The van der Waals surface area contributed by atoms with Gasteiger partial charge in [0.1, 0.15) is 11.2 Å². The van der Waals surface area contributed by atoms with Crippen LogP contribution in [0.5, 0.6) is 0 Å². The lowest BCUT2D eigenvalue weighted by Gasteiger charge is -2.03. The molecule has 0 amide bonds. The first-order valence-electron chi connectivity index (χ1n) is 3.10. The summed E-state index contributed by atoms with van der Waals surface area (Å²) in [5.74, 6) is 0. The number of pyridine rings is 1. The molecule has 1 rings (SSSR count). The van der Waals surface area contributed by atoms with Crippen molar-refractivity contribution in [1.29, 1.82) is 5.26 Å². The van der Waals surface area contributed by atoms with E-state index < -0.39 is 6.43 Å². The van der Waals surface area contributed by atoms with Gasteiger partial charge in [0.15, 0.2) is 5.69 Å². The second kappa shape index (κ2) is 3.99. The highest BCUT2D eigenvalue weighted by Gasteiger charge is 2.15. The van der Waals surface area contributed by atoms with E-state index in [9.17, 15) is 8.78 Å². The summed E-state index contributed by atoms with van der Waals surface area (Å²) in [5, 5.41) is 8.15. The van der Waals surface area contributed by atoms with E-state index in [1.54, 1.807) is 6.07 Å². The van der Waals surface area contributed by atoms with E-state index in [-0.39, 0.29) is 20.9 Å². The third-order valence-corrected chi connectivity index (χ3v) is 2.20. The predicted octanol–water partition coefficient (Wildman–Crippen LogP) is 3.31. The van der Waals surface area contributed by atoms with Gasteiger partial charge < -0.3 is 0 Å². The molecule has 0 unspecified atom stereocenters. The molecular formula is C7H2BrClF2N2. The monoisotopic (exact) mass is 266 g/mol. The number of nitriles is 1. The van der Waals surface area contributed by atoms with Crippen LogP contribution in [-0.4, -0.2) is 4.98 Å². The van der Waals surface area contributed by atoms with Crippen LogP contribution in [0.15, 0.2) is 10.5 Å². The molecule has 0 fully saturated rings. The number of hydrogen-bond acceptors (Lipinski definition) is 2. The maximum Gasteiger partial charge on any atom is 0.266 e. The molecule has 13 heavy (non-hydrogen) atoms. The summed E-state index contributed by atoms with van der Waals surface area (Å²) in [6.45, 7) is 0. The van der Waals surface area contributed by atoms with Gasteiger partial charge in [-0.3, -0.25) is 0 Å². The summed E-state index contributed by atoms with van der Waals surface area (Å²) in [7, 11) is 0. The standard InChI is InChI=1S/C7H2BrClF2N2/c8-4-1-3(7(10)11)6(9)13-5(4)2-12/h1,7H. The number of aromatic nitrogens is 1. The van der Waals surface area contributed by atoms with Crippen LogP contribution >= 0.6 is 27.5 Å². The maximum absolute atomic E-state index is 12.2. The Balaban J connectivity index is 3.31. The highest BCUT2D eigenvalue weighted by molar-refractivity contribution is 9.10. The van der Waals surface area contributed by atoms with Gasteiger partial charge in [0.05, 0.1) is 10.0 Å². The third-order valence-electron chi connectivity index (χ3n) is 1.30. The Labute approximate surface area is 86.3 Å². The van der Waals surface area contributed by atoms with E-state index in [0.717, 1.165) is 6.07 Å². The van der Waals surface area contributed by atoms with Crippen LogP contribution in [0.2, 0.25) is 5.15 Å². The third kappa shape index (κ3) is 2.14. The Hall–Kier alpha value is -0.730. The minimum absolute atomic E-state index is 0.00519. The Morgan fingerprint density at radius 1 is 1.62 bits per heavy atom. The number of nitrogens with zero attached hydrogens (tertiary/aromatic N) is 2. The van der Waals surface area contributed by atoms with Gasteiger partial charge in [0.25, 0.3) is 6.43 Å². The van der Waals surface area contributed by atoms with Crippen molar-refractivity contribution in [3.63, 3.8) is 0 Å². The molecule has 0 aromatic carbocycles. The van der Waals surface area contributed by atoms with Crippen molar-refractivity contribution in [2.45, 2.75) is 6.43 Å². The zero-order chi connectivity index (χ0) is 10.0. The lowest BCUT2D eigenvalue weighted by atomic mass is 10.2. The van der Waals surface area contributed by atoms with E-state index in [1.807, 2.05) is 0 Å². The molecule has 0 N–H and O–H groups in total. The summed E-state index contributed by atoms with van der Waals surface area (Å²) in [4.78, 5) is 3.49. The molecule has 0 aliphatic rings. The zero-order valence-electron chi connectivity index (χ0n) is 6.06. The van der Waals surface area contributed by atoms with Gasteiger partial charge >= 0.3 is 0 Å². The Morgan fingerprint density at radius 2 is 2.23 bits per heavy atom. The highest BCUT2D eigenvalue weighted by Crippen LogP contribution is 2.29. The normalized spacial score (nSPS) is 10.2. The molecule has 0 spiro atoms. The van der Waals surface area contributed by atoms with Crippen molar-refractivity contribution in [2.24, 2.45) is 0 Å². The van der Waals surface area contributed by atoms with Crippen molar-refractivity contribution in [3.8, 4) is 6.07 Å². The number of hydrogen-bond donors (Lipinski definition) is 0. The molecule has 1 heterocycles. The maximum atomic E-state index is 12.2. The minimum Gasteiger partial charge on any atom is -0.224 e. The van der Waals surface area contributed by atoms with E-state index >= 15 is 0 Å². The lowest BCUT2D eigenvalue weighted by molar-refractivity contribution is 0.151. The van der Waals surface area contributed by atoms with Crippen LogP contribution < -0.4 is 0 Å². The van der Waals surface area contributed by atoms with Crippen molar-refractivity contribution >= 4 is 27.5 Å². The van der Waals surface area contributed by atoms with Gasteiger partial charge in [-0.25, -0.2) is 13.8 Å². The van der Waals surface area contributed by atoms with Gasteiger partial charge in [-0.15, -0.1) is 0 Å². The molecule has 1 aromatic rings. The second-order valence-corrected chi connectivity index (χ2v) is 3.32. The van der Waals surface area contributed by atoms with Gasteiger partial charge in [0.2, 0.25) is 0 Å². The van der Waals surface area contributed by atoms with E-state index in [2.05, 4.69) is 20.9 Å². The van der Waals surface area contributed by atoms with Crippen molar-refractivity contribution < 1.29 is 8.78 Å². The molecule has 0 aliphatic carbocycles. The van der Waals surface area contributed by atoms with Crippen molar-refractivity contribution in [1.82, 2.24) is 4.98 Å². The SMILES string of the molecule is N#Cc1nc(Cl)c(C(F)F)cc1Br. The number of alkyl halides is 2. The Morgan fingerprint density at radius 3 is 2.69 bits per heavy atom. The zero-order valence-corrected chi connectivity index (χ0v) is 8.40. The van der Waals surface area contributed by atoms with Crippen LogP contribution in [0.1, 0.15) is 17.7 Å². The van der Waals surface area contributed by atoms with Crippen LogP contribution in [0, 0.1) is 11.3 Å². The molecule has 1 aromatic heterocycles. The van der Waals surface area contributed by atoms with Crippen molar-refractivity contribution in [3.05, 3.63) is 26.9 Å². The molecule has 0 aliphatic heterocycles. The average molecular weight is 267 g/mol. The summed E-state index contributed by atoms with van der Waals surface area (Å²) < 4.78 is 24.6. The molecule has 68 valence electrons. The van der Waals surface area contributed by atoms with Crippen LogP contribution in [0.4, 0.5) is 8.78 Å². The number of halogens is 4. The van der Waals surface area contributed by atoms with Crippen LogP contribution in [0.3, 0.4) is 0 Å². The van der Waals surface area contributed by atoms with Crippen molar-refractivity contribution in [2.75, 3.05) is 0 Å². The number of rotatable bonds is 1. The molecule has 2 nitrogen and oxygen atoms in total. The minimum atomic E-state index is -2.69. The molecule has 0 saturated carbocycles. The first-order valence-corrected chi connectivity index (χ1v) is 4.27. The molecule has 0 bridgehead atoms. The summed E-state index contributed by atoms with van der Waals surface area (Å²) in [5.41, 5.74) is -0.387. The second-order valence-electron chi connectivity index (χ2n) is 2.11. The molecular weight excluding hydrogens is 265 g/mol. The van der Waals surface area contributed by atoms with E-state index in [4.69, 9.17) is 16.9 Å². The first kappa shape index (κ1) is 10.4. The van der Waals surface area contributed by atoms with Crippen LogP contribution in [0.25, 0.3) is 0 Å². The van der Waals surface area contributed by atoms with Gasteiger partial charge in [-0.05, 0) is 22.0 Å². The van der Waals surface area contributed by atoms with E-state index in [0.29, 0.717) is 0 Å². The fourth-order valence-electron chi connectivity index (χ4n) is 0.712. The largest absolute Gasteiger partial charge is 0.266 e. The first-order chi connectivity index (χ1) is 6.06. The average Bonchev–Trinajstić information content (AvgIpc) is 2.07. The smallest absolute Gasteiger partial charge is 0.224 e. The Bertz CT molecular complexity index is 375. The predicted molar refractivity (Wildman–Crippen MR) is 46.6 cm³/mol. The van der Waals surface area contributed by atoms with Gasteiger partial charge in [-0.2, -0.15) is 5.26 Å². The molecule has 0 atom stereocenters. The highest BCUT2D eigenvalue weighted by atomic mass is 79.9.